The number of fused-ring (bicyclic) bond motifs is 1. The summed E-state index contributed by atoms with van der Waals surface area (Å²) in [4.78, 5) is 12.6. The van der Waals surface area contributed by atoms with Gasteiger partial charge >= 0.3 is 0 Å². The van der Waals surface area contributed by atoms with Crippen molar-refractivity contribution in [3.05, 3.63) is 52.6 Å². The van der Waals surface area contributed by atoms with Crippen molar-refractivity contribution in [1.29, 1.82) is 0 Å². The number of amides is 1. The number of halogens is 1. The number of carbonyl (C=O) groups excluding carboxylic acids is 1. The number of benzene rings is 2. The summed E-state index contributed by atoms with van der Waals surface area (Å²) in [5.41, 5.74) is 1.60. The van der Waals surface area contributed by atoms with Crippen LogP contribution in [0.1, 0.15) is 10.5 Å². The summed E-state index contributed by atoms with van der Waals surface area (Å²) in [5.74, 6) is -0.280. The van der Waals surface area contributed by atoms with E-state index in [9.17, 15) is 13.2 Å². The fourth-order valence-electron chi connectivity index (χ4n) is 2.77. The molecule has 2 aromatic carbocycles. The van der Waals surface area contributed by atoms with E-state index in [1.54, 1.807) is 17.7 Å². The number of rotatable bonds is 4. The van der Waals surface area contributed by atoms with Gasteiger partial charge in [-0.25, -0.2) is 13.6 Å². The summed E-state index contributed by atoms with van der Waals surface area (Å²) in [7, 11) is -0.870. The van der Waals surface area contributed by atoms with Crippen LogP contribution in [0.3, 0.4) is 0 Å². The molecule has 0 aliphatic heterocycles. The number of hydrogen-bond acceptors (Lipinski definition) is 4. The molecule has 26 heavy (non-hydrogen) atoms. The average Bonchev–Trinajstić information content (AvgIpc) is 2.85. The topological polar surface area (TPSA) is 103 Å². The molecule has 7 nitrogen and oxygen atoms in total. The van der Waals surface area contributed by atoms with Crippen LogP contribution in [-0.2, 0) is 17.1 Å². The third-order valence-electron chi connectivity index (χ3n) is 3.99. The first-order valence-corrected chi connectivity index (χ1v) is 9.83. The minimum absolute atomic E-state index is 0.108. The highest BCUT2D eigenvalue weighted by Crippen LogP contribution is 2.31. The van der Waals surface area contributed by atoms with Crippen molar-refractivity contribution in [3.63, 3.8) is 0 Å². The molecule has 0 radical (unpaired) electrons. The second-order valence-electron chi connectivity index (χ2n) is 5.60. The van der Waals surface area contributed by atoms with Gasteiger partial charge in [0.1, 0.15) is 16.3 Å². The zero-order chi connectivity index (χ0) is 19.1. The number of carbonyl (C=O) groups is 1. The maximum Gasteiger partial charge on any atom is 0.273 e. The summed E-state index contributed by atoms with van der Waals surface area (Å²) in [6.07, 6.45) is 0. The number of sulfonamides is 1. The Morgan fingerprint density at radius 3 is 2.54 bits per heavy atom. The normalized spacial score (nSPS) is 11.5. The predicted octanol–water partition coefficient (Wildman–Crippen LogP) is 2.85. The number of ether oxygens (including phenoxy) is 1. The minimum atomic E-state index is -4.00. The minimum Gasteiger partial charge on any atom is -0.495 e. The highest BCUT2D eigenvalue weighted by Gasteiger charge is 2.21. The van der Waals surface area contributed by atoms with Gasteiger partial charge in [0.25, 0.3) is 5.91 Å². The van der Waals surface area contributed by atoms with Crippen molar-refractivity contribution < 1.29 is 17.9 Å². The Kier molecular flexibility index (Phi) is 4.78. The molecule has 0 aliphatic rings. The van der Waals surface area contributed by atoms with Crippen LogP contribution >= 0.6 is 15.9 Å². The third-order valence-corrected chi connectivity index (χ3v) is 5.72. The molecule has 0 aliphatic carbocycles. The molecule has 3 rings (SSSR count). The van der Waals surface area contributed by atoms with Crippen molar-refractivity contribution in [1.82, 2.24) is 4.57 Å². The molecule has 0 bridgehead atoms. The molecule has 0 fully saturated rings. The van der Waals surface area contributed by atoms with E-state index in [1.807, 2.05) is 24.3 Å². The van der Waals surface area contributed by atoms with Crippen LogP contribution in [0.4, 0.5) is 5.69 Å². The number of methoxy groups -OCH3 is 1. The zero-order valence-corrected chi connectivity index (χ0v) is 16.4. The van der Waals surface area contributed by atoms with Crippen molar-refractivity contribution in [2.75, 3.05) is 12.4 Å². The number of nitrogens with one attached hydrogen (secondary N) is 1. The van der Waals surface area contributed by atoms with Crippen LogP contribution in [0, 0.1) is 0 Å². The molecular formula is C17H16BrN3O4S. The van der Waals surface area contributed by atoms with E-state index in [2.05, 4.69) is 21.2 Å². The highest BCUT2D eigenvalue weighted by atomic mass is 79.9. The standard InChI is InChI=1S/C17H16BrN3O4S/c1-21-12-6-4-3-5-11(12)15(18)16(21)17(22)20-10-7-8-13(25-2)14(9-10)26(19,23)24/h3-9H,1-2H3,(H,20,22)(H2,19,23,24). The Bertz CT molecular complexity index is 1080. The van der Waals surface area contributed by atoms with Crippen LogP contribution in [0.15, 0.2) is 51.8 Å². The van der Waals surface area contributed by atoms with E-state index in [-0.39, 0.29) is 22.2 Å². The Balaban J connectivity index is 2.02. The van der Waals surface area contributed by atoms with E-state index in [1.165, 1.54) is 19.2 Å². The summed E-state index contributed by atoms with van der Waals surface area (Å²) < 4.78 is 30.9. The predicted molar refractivity (Wildman–Crippen MR) is 103 cm³/mol. The molecule has 0 spiro atoms. The monoisotopic (exact) mass is 437 g/mol. The SMILES string of the molecule is COc1ccc(NC(=O)c2c(Br)c3ccccc3n2C)cc1S(N)(=O)=O. The first-order valence-electron chi connectivity index (χ1n) is 7.49. The van der Waals surface area contributed by atoms with E-state index in [0.29, 0.717) is 10.2 Å². The molecule has 0 saturated carbocycles. The lowest BCUT2D eigenvalue weighted by Gasteiger charge is -2.11. The Hall–Kier alpha value is -2.36. The molecule has 3 N–H and O–H groups in total. The lowest BCUT2D eigenvalue weighted by atomic mass is 10.2. The number of nitrogens with two attached hydrogens (primary N) is 1. The van der Waals surface area contributed by atoms with Gasteiger partial charge in [-0.05, 0) is 40.2 Å². The summed E-state index contributed by atoms with van der Waals surface area (Å²) >= 11 is 3.47. The van der Waals surface area contributed by atoms with Crippen molar-refractivity contribution in [2.24, 2.45) is 12.2 Å². The van der Waals surface area contributed by atoms with Crippen LogP contribution in [0.2, 0.25) is 0 Å². The van der Waals surface area contributed by atoms with Crippen molar-refractivity contribution >= 4 is 48.5 Å². The van der Waals surface area contributed by atoms with E-state index in [4.69, 9.17) is 9.88 Å². The highest BCUT2D eigenvalue weighted by molar-refractivity contribution is 9.10. The Morgan fingerprint density at radius 2 is 1.92 bits per heavy atom. The van der Waals surface area contributed by atoms with E-state index >= 15 is 0 Å². The number of para-hydroxylation sites is 1. The maximum atomic E-state index is 12.8. The summed E-state index contributed by atoms with van der Waals surface area (Å²) in [6.45, 7) is 0. The fourth-order valence-corrected chi connectivity index (χ4v) is 4.27. The molecular weight excluding hydrogens is 422 g/mol. The molecule has 0 unspecified atom stereocenters. The van der Waals surface area contributed by atoms with Crippen LogP contribution < -0.4 is 15.2 Å². The third kappa shape index (κ3) is 3.20. The van der Waals surface area contributed by atoms with Crippen LogP contribution in [-0.4, -0.2) is 26.0 Å². The second kappa shape index (κ2) is 6.75. The van der Waals surface area contributed by atoms with Crippen LogP contribution in [0.5, 0.6) is 5.75 Å². The summed E-state index contributed by atoms with van der Waals surface area (Å²) in [6, 6.07) is 11.8. The largest absolute Gasteiger partial charge is 0.495 e. The molecule has 0 saturated heterocycles. The Morgan fingerprint density at radius 1 is 1.23 bits per heavy atom. The molecule has 9 heteroatoms. The first kappa shape index (κ1) is 18.4. The lowest BCUT2D eigenvalue weighted by Crippen LogP contribution is -2.18. The van der Waals surface area contributed by atoms with Gasteiger partial charge in [0.2, 0.25) is 10.0 Å². The van der Waals surface area contributed by atoms with Gasteiger partial charge < -0.3 is 14.6 Å². The molecule has 136 valence electrons. The van der Waals surface area contributed by atoms with Crippen molar-refractivity contribution in [2.45, 2.75) is 4.90 Å². The number of aryl methyl sites for hydroxylation is 1. The maximum absolute atomic E-state index is 12.8. The van der Waals surface area contributed by atoms with Gasteiger partial charge in [0, 0.05) is 23.6 Å². The fraction of sp³-hybridized carbons (Fsp3) is 0.118. The van der Waals surface area contributed by atoms with Gasteiger partial charge in [0.05, 0.1) is 11.6 Å². The number of hydrogen-bond donors (Lipinski definition) is 2. The quantitative estimate of drug-likeness (QED) is 0.654. The molecule has 1 aromatic heterocycles. The smallest absolute Gasteiger partial charge is 0.273 e. The average molecular weight is 438 g/mol. The van der Waals surface area contributed by atoms with E-state index < -0.39 is 10.0 Å². The zero-order valence-electron chi connectivity index (χ0n) is 14.0. The van der Waals surface area contributed by atoms with E-state index in [0.717, 1.165) is 10.9 Å². The summed E-state index contributed by atoms with van der Waals surface area (Å²) in [5, 5.41) is 8.81. The molecule has 3 aromatic rings. The molecule has 1 amide bonds. The van der Waals surface area contributed by atoms with Crippen molar-refractivity contribution in [3.8, 4) is 5.75 Å². The van der Waals surface area contributed by atoms with Gasteiger partial charge in [-0.2, -0.15) is 0 Å². The van der Waals surface area contributed by atoms with Gasteiger partial charge in [-0.15, -0.1) is 0 Å². The van der Waals surface area contributed by atoms with Crippen LogP contribution in [0.25, 0.3) is 10.9 Å². The Labute approximate surface area is 158 Å². The second-order valence-corrected chi connectivity index (χ2v) is 7.93. The number of primary sulfonamides is 1. The molecule has 0 atom stereocenters. The van der Waals surface area contributed by atoms with Gasteiger partial charge in [0.15, 0.2) is 0 Å². The number of aromatic nitrogens is 1. The lowest BCUT2D eigenvalue weighted by molar-refractivity contribution is 0.101. The number of nitrogens with zero attached hydrogens (tertiary/aromatic N) is 1. The van der Waals surface area contributed by atoms with Gasteiger partial charge in [-0.3, -0.25) is 4.79 Å². The number of anilines is 1. The molecule has 1 heterocycles. The van der Waals surface area contributed by atoms with Gasteiger partial charge in [-0.1, -0.05) is 18.2 Å². The first-order chi connectivity index (χ1) is 12.2.